The molecule has 2 fully saturated rings. The molecule has 1 amide bonds. The van der Waals surface area contributed by atoms with E-state index in [1.807, 2.05) is 12.1 Å². The van der Waals surface area contributed by atoms with Crippen LogP contribution in [0.2, 0.25) is 0 Å². The molecule has 1 aromatic heterocycles. The van der Waals surface area contributed by atoms with E-state index in [0.29, 0.717) is 6.54 Å². The number of hydrogen-bond acceptors (Lipinski definition) is 4. The number of halogens is 1. The molecule has 1 saturated carbocycles. The Labute approximate surface area is 223 Å². The number of carbonyl (C=O) groups is 1. The zero-order valence-electron chi connectivity index (χ0n) is 22.0. The molecule has 1 aliphatic carbocycles. The molecular weight excluding hydrogens is 483 g/mol. The lowest BCUT2D eigenvalue weighted by Crippen LogP contribution is -2.56. The molecule has 1 N–H and O–H groups in total. The molecular formula is C30H37FN4O3. The van der Waals surface area contributed by atoms with Crippen LogP contribution in [0.15, 0.2) is 73.1 Å². The second kappa shape index (κ2) is 11.6. The molecule has 38 heavy (non-hydrogen) atoms. The number of alkyl carbamates (subject to hydrolysis) is 1. The zero-order chi connectivity index (χ0) is 26.5. The minimum absolute atomic E-state index is 0.0245. The van der Waals surface area contributed by atoms with Crippen molar-refractivity contribution < 1.29 is 18.8 Å². The molecule has 202 valence electrons. The normalized spacial score (nSPS) is 22.2. The van der Waals surface area contributed by atoms with Gasteiger partial charge in [-0.1, -0.05) is 53.7 Å². The number of piperidine rings is 1. The number of nitrogens with zero attached hydrogens (tertiary/aromatic N) is 3. The Balaban J connectivity index is 1.53. The third kappa shape index (κ3) is 5.41. The molecule has 0 unspecified atom stereocenters. The Morgan fingerprint density at radius 2 is 1.89 bits per heavy atom. The third-order valence-electron chi connectivity index (χ3n) is 8.74. The highest BCUT2D eigenvalue weighted by molar-refractivity contribution is 5.67. The number of hydrogen-bond donors (Lipinski definition) is 1. The first-order valence-electron chi connectivity index (χ1n) is 13.6. The number of aromatic nitrogens is 2. The molecule has 0 bridgehead atoms. The van der Waals surface area contributed by atoms with Gasteiger partial charge in [0.2, 0.25) is 6.20 Å². The highest BCUT2D eigenvalue weighted by atomic mass is 19.1. The first-order chi connectivity index (χ1) is 18.5. The van der Waals surface area contributed by atoms with Gasteiger partial charge in [0.05, 0.1) is 19.9 Å². The number of amides is 1. The first-order valence-corrected chi connectivity index (χ1v) is 13.6. The van der Waals surface area contributed by atoms with Gasteiger partial charge in [-0.25, -0.2) is 9.18 Å². The van der Waals surface area contributed by atoms with Gasteiger partial charge in [-0.15, -0.1) is 4.68 Å². The predicted molar refractivity (Wildman–Crippen MR) is 143 cm³/mol. The van der Waals surface area contributed by atoms with E-state index in [0.717, 1.165) is 62.1 Å². The molecule has 2 heterocycles. The number of likely N-dealkylation sites (tertiary alicyclic amines) is 1. The van der Waals surface area contributed by atoms with Crippen molar-refractivity contribution in [3.05, 3.63) is 95.2 Å². The molecule has 7 nitrogen and oxygen atoms in total. The van der Waals surface area contributed by atoms with Gasteiger partial charge in [-0.2, -0.15) is 0 Å². The maximum Gasteiger partial charge on any atom is 0.407 e. The van der Waals surface area contributed by atoms with Crippen molar-refractivity contribution in [3.8, 4) is 0 Å². The van der Waals surface area contributed by atoms with E-state index >= 15 is 0 Å². The average molecular weight is 521 g/mol. The maximum atomic E-state index is 14.8. The largest absolute Gasteiger partial charge is 0.596 e. The molecule has 0 spiro atoms. The van der Waals surface area contributed by atoms with E-state index in [-0.39, 0.29) is 23.7 Å². The van der Waals surface area contributed by atoms with Crippen molar-refractivity contribution in [2.45, 2.75) is 56.7 Å². The average Bonchev–Trinajstić information content (AvgIpc) is 3.57. The summed E-state index contributed by atoms with van der Waals surface area (Å²) in [6.07, 6.45) is 7.35. The smallest absolute Gasteiger partial charge is 0.407 e. The SMILES string of the molecule is COC(=O)N[C@H]1CCC[C@@H]1[C@](Cn1ccc[n+]1[O-])(c1cccc(F)c1)C1CCN(Cc2ccccc2)CC1. The van der Waals surface area contributed by atoms with Crippen molar-refractivity contribution in [2.75, 3.05) is 20.2 Å². The highest BCUT2D eigenvalue weighted by Crippen LogP contribution is 2.51. The van der Waals surface area contributed by atoms with Crippen LogP contribution < -0.4 is 10.2 Å². The number of nitrogens with one attached hydrogen (secondary N) is 1. The zero-order valence-corrected chi connectivity index (χ0v) is 22.0. The van der Waals surface area contributed by atoms with Crippen molar-refractivity contribution in [1.29, 1.82) is 0 Å². The standard InChI is InChI=1S/C30H37FN4O3/c1-38-29(36)32-28-13-6-12-27(28)30(22-34-16-7-17-35(34)37,25-10-5-11-26(31)20-25)24-14-18-33(19-15-24)21-23-8-3-2-4-9-23/h2-5,7-11,16-17,20,24,27-28H,6,12-15,18-19,21-22H2,1H3,(H,32,36)/t27-,28-,30-/m0/s1. The predicted octanol–water partition coefficient (Wildman–Crippen LogP) is 4.64. The van der Waals surface area contributed by atoms with Crippen molar-refractivity contribution >= 4 is 6.09 Å². The second-order valence-electron chi connectivity index (χ2n) is 10.8. The molecule has 2 aliphatic rings. The summed E-state index contributed by atoms with van der Waals surface area (Å²) >= 11 is 0. The van der Waals surface area contributed by atoms with E-state index in [2.05, 4.69) is 34.5 Å². The summed E-state index contributed by atoms with van der Waals surface area (Å²) in [4.78, 5) is 15.7. The van der Waals surface area contributed by atoms with Gasteiger partial charge in [0.1, 0.15) is 5.82 Å². The van der Waals surface area contributed by atoms with Gasteiger partial charge in [0.15, 0.2) is 0 Å². The van der Waals surface area contributed by atoms with Crippen molar-refractivity contribution in [2.24, 2.45) is 11.8 Å². The summed E-state index contributed by atoms with van der Waals surface area (Å²) in [5.41, 5.74) is 1.64. The minimum atomic E-state index is -0.547. The van der Waals surface area contributed by atoms with Crippen molar-refractivity contribution in [3.63, 3.8) is 0 Å². The molecule has 1 aliphatic heterocycles. The van der Waals surface area contributed by atoms with E-state index in [4.69, 9.17) is 4.74 Å². The summed E-state index contributed by atoms with van der Waals surface area (Å²) in [5, 5.41) is 15.8. The van der Waals surface area contributed by atoms with Gasteiger partial charge >= 0.3 is 6.09 Å². The lowest BCUT2D eigenvalue weighted by atomic mass is 9.58. The van der Waals surface area contributed by atoms with Crippen LogP contribution in [-0.4, -0.2) is 41.9 Å². The summed E-state index contributed by atoms with van der Waals surface area (Å²) in [7, 11) is 1.38. The molecule has 3 atom stereocenters. The molecule has 3 aromatic rings. The molecule has 1 saturated heterocycles. The second-order valence-corrected chi connectivity index (χ2v) is 10.8. The summed E-state index contributed by atoms with van der Waals surface area (Å²) in [6.45, 7) is 3.15. The van der Waals surface area contributed by atoms with Crippen LogP contribution in [0.3, 0.4) is 0 Å². The fourth-order valence-corrected chi connectivity index (χ4v) is 7.03. The Hall–Kier alpha value is -3.39. The van der Waals surface area contributed by atoms with Gasteiger partial charge in [-0.3, -0.25) is 4.90 Å². The fraction of sp³-hybridized carbons (Fsp3) is 0.467. The van der Waals surface area contributed by atoms with Crippen LogP contribution in [-0.2, 0) is 23.2 Å². The Kier molecular flexibility index (Phi) is 7.98. The fourth-order valence-electron chi connectivity index (χ4n) is 7.03. The molecule has 5 rings (SSSR count). The van der Waals surface area contributed by atoms with Crippen LogP contribution in [0.4, 0.5) is 9.18 Å². The summed E-state index contributed by atoms with van der Waals surface area (Å²) < 4.78 is 21.5. The van der Waals surface area contributed by atoms with E-state index in [1.54, 1.807) is 29.1 Å². The lowest BCUT2D eigenvalue weighted by molar-refractivity contribution is -0.695. The minimum Gasteiger partial charge on any atom is -0.596 e. The van der Waals surface area contributed by atoms with Gasteiger partial charge in [0.25, 0.3) is 0 Å². The Morgan fingerprint density at radius 3 is 2.58 bits per heavy atom. The quantitative estimate of drug-likeness (QED) is 0.347. The summed E-state index contributed by atoms with van der Waals surface area (Å²) in [6, 6.07) is 19.0. The van der Waals surface area contributed by atoms with Crippen LogP contribution >= 0.6 is 0 Å². The number of rotatable bonds is 8. The summed E-state index contributed by atoms with van der Waals surface area (Å²) in [5.74, 6) is -0.0633. The lowest BCUT2D eigenvalue weighted by Gasteiger charge is -2.50. The highest BCUT2D eigenvalue weighted by Gasteiger charge is 2.53. The van der Waals surface area contributed by atoms with Gasteiger partial charge < -0.3 is 15.3 Å². The van der Waals surface area contributed by atoms with Crippen LogP contribution in [0.1, 0.15) is 43.2 Å². The van der Waals surface area contributed by atoms with Crippen LogP contribution in [0.5, 0.6) is 0 Å². The topological polar surface area (TPSA) is 73.4 Å². The van der Waals surface area contributed by atoms with E-state index in [9.17, 15) is 14.4 Å². The number of methoxy groups -OCH3 is 1. The van der Waals surface area contributed by atoms with Crippen LogP contribution in [0.25, 0.3) is 0 Å². The molecule has 2 aromatic carbocycles. The number of carbonyl (C=O) groups excluding carboxylic acids is 1. The molecule has 8 heteroatoms. The van der Waals surface area contributed by atoms with E-state index in [1.165, 1.54) is 24.9 Å². The Morgan fingerprint density at radius 1 is 1.11 bits per heavy atom. The number of benzene rings is 2. The first kappa shape index (κ1) is 26.2. The maximum absolute atomic E-state index is 14.8. The Bertz CT molecular complexity index is 1210. The monoisotopic (exact) mass is 520 g/mol. The van der Waals surface area contributed by atoms with Crippen molar-refractivity contribution in [1.82, 2.24) is 14.9 Å². The molecule has 0 radical (unpaired) electrons. The number of ether oxygens (including phenoxy) is 1. The third-order valence-corrected chi connectivity index (χ3v) is 8.74. The van der Waals surface area contributed by atoms with Crippen LogP contribution in [0, 0.1) is 22.9 Å². The van der Waals surface area contributed by atoms with E-state index < -0.39 is 11.5 Å². The van der Waals surface area contributed by atoms with Gasteiger partial charge in [-0.05, 0) is 73.9 Å². The van der Waals surface area contributed by atoms with Gasteiger partial charge in [0, 0.05) is 24.1 Å².